The van der Waals surface area contributed by atoms with E-state index in [4.69, 9.17) is 4.74 Å². The zero-order valence-corrected chi connectivity index (χ0v) is 15.1. The van der Waals surface area contributed by atoms with Crippen molar-refractivity contribution in [3.8, 4) is 11.4 Å². The number of methoxy groups -OCH3 is 1. The summed E-state index contributed by atoms with van der Waals surface area (Å²) < 4.78 is 6.88. The Hall–Kier alpha value is -3.41. The van der Waals surface area contributed by atoms with Crippen LogP contribution in [-0.4, -0.2) is 28.6 Å². The summed E-state index contributed by atoms with van der Waals surface area (Å²) >= 11 is 0. The molecule has 0 aliphatic heterocycles. The molecular formula is C21H21N3O3. The molecule has 0 aliphatic rings. The molecule has 3 rings (SSSR count). The normalized spacial score (nSPS) is 10.4. The van der Waals surface area contributed by atoms with Crippen LogP contribution in [0.25, 0.3) is 5.69 Å². The van der Waals surface area contributed by atoms with Gasteiger partial charge in [0.2, 0.25) is 5.91 Å². The van der Waals surface area contributed by atoms with Crippen molar-refractivity contribution in [1.29, 1.82) is 0 Å². The Morgan fingerprint density at radius 2 is 1.74 bits per heavy atom. The quantitative estimate of drug-likeness (QED) is 0.624. The van der Waals surface area contributed by atoms with Gasteiger partial charge in [0.05, 0.1) is 25.0 Å². The van der Waals surface area contributed by atoms with E-state index in [-0.39, 0.29) is 24.5 Å². The van der Waals surface area contributed by atoms with Gasteiger partial charge in [-0.15, -0.1) is 0 Å². The van der Waals surface area contributed by atoms with E-state index < -0.39 is 0 Å². The second-order valence-corrected chi connectivity index (χ2v) is 6.02. The number of Topliss-reactive ketones (excluding diaryl/α,β-unsaturated/α-hetero) is 1. The van der Waals surface area contributed by atoms with Crippen LogP contribution in [-0.2, 0) is 11.3 Å². The van der Waals surface area contributed by atoms with E-state index in [1.54, 1.807) is 23.9 Å². The number of aromatic nitrogens is 2. The lowest BCUT2D eigenvalue weighted by atomic mass is 10.1. The summed E-state index contributed by atoms with van der Waals surface area (Å²) in [6, 6.07) is 18.4. The summed E-state index contributed by atoms with van der Waals surface area (Å²) in [6.45, 7) is 0.321. The summed E-state index contributed by atoms with van der Waals surface area (Å²) in [5.74, 6) is 0.580. The fourth-order valence-corrected chi connectivity index (χ4v) is 2.61. The van der Waals surface area contributed by atoms with Crippen molar-refractivity contribution in [3.63, 3.8) is 0 Å². The highest BCUT2D eigenvalue weighted by atomic mass is 16.5. The molecule has 3 aromatic rings. The third-order valence-electron chi connectivity index (χ3n) is 4.12. The number of hydrogen-bond donors (Lipinski definition) is 1. The number of ether oxygens (including phenoxy) is 1. The van der Waals surface area contributed by atoms with Crippen LogP contribution in [0.5, 0.6) is 5.75 Å². The molecule has 1 amide bonds. The minimum Gasteiger partial charge on any atom is -0.497 e. The zero-order chi connectivity index (χ0) is 19.1. The van der Waals surface area contributed by atoms with Crippen LogP contribution in [0, 0.1) is 0 Å². The van der Waals surface area contributed by atoms with Gasteiger partial charge in [-0.05, 0) is 30.3 Å². The van der Waals surface area contributed by atoms with E-state index >= 15 is 0 Å². The first-order valence-corrected chi connectivity index (χ1v) is 8.69. The fraction of sp³-hybridized carbons (Fsp3) is 0.190. The molecule has 0 unspecified atom stereocenters. The predicted molar refractivity (Wildman–Crippen MR) is 102 cm³/mol. The number of hydrogen-bond acceptors (Lipinski definition) is 4. The molecule has 0 atom stereocenters. The molecule has 2 aromatic carbocycles. The highest BCUT2D eigenvalue weighted by molar-refractivity contribution is 5.97. The smallest absolute Gasteiger partial charge is 0.220 e. The van der Waals surface area contributed by atoms with E-state index in [9.17, 15) is 9.59 Å². The molecule has 0 saturated carbocycles. The number of carbonyl (C=O) groups is 2. The maximum absolute atomic E-state index is 12.0. The number of carbonyl (C=O) groups excluding carboxylic acids is 2. The summed E-state index contributed by atoms with van der Waals surface area (Å²) in [7, 11) is 1.62. The Balaban J connectivity index is 1.48. The van der Waals surface area contributed by atoms with Gasteiger partial charge in [0.25, 0.3) is 0 Å². The third kappa shape index (κ3) is 5.04. The largest absolute Gasteiger partial charge is 0.497 e. The molecule has 0 fully saturated rings. The Kier molecular flexibility index (Phi) is 5.99. The van der Waals surface area contributed by atoms with Crippen molar-refractivity contribution in [2.75, 3.05) is 7.11 Å². The van der Waals surface area contributed by atoms with Crippen molar-refractivity contribution in [2.24, 2.45) is 0 Å². The number of nitrogens with zero attached hydrogens (tertiary/aromatic N) is 2. The fourth-order valence-electron chi connectivity index (χ4n) is 2.61. The average molecular weight is 363 g/mol. The van der Waals surface area contributed by atoms with E-state index in [0.29, 0.717) is 12.1 Å². The van der Waals surface area contributed by atoms with Crippen LogP contribution >= 0.6 is 0 Å². The second-order valence-electron chi connectivity index (χ2n) is 6.02. The van der Waals surface area contributed by atoms with Crippen molar-refractivity contribution in [2.45, 2.75) is 19.4 Å². The number of rotatable bonds is 8. The lowest BCUT2D eigenvalue weighted by Crippen LogP contribution is -2.23. The van der Waals surface area contributed by atoms with Gasteiger partial charge in [-0.2, -0.15) is 5.10 Å². The molecule has 1 N–H and O–H groups in total. The molecule has 0 aliphatic carbocycles. The average Bonchev–Trinajstić information content (AvgIpc) is 3.20. The Morgan fingerprint density at radius 3 is 2.44 bits per heavy atom. The van der Waals surface area contributed by atoms with Gasteiger partial charge < -0.3 is 10.1 Å². The van der Waals surface area contributed by atoms with Gasteiger partial charge in [-0.25, -0.2) is 4.68 Å². The van der Waals surface area contributed by atoms with Crippen LogP contribution in [0.2, 0.25) is 0 Å². The summed E-state index contributed by atoms with van der Waals surface area (Å²) in [5.41, 5.74) is 2.28. The summed E-state index contributed by atoms with van der Waals surface area (Å²) in [4.78, 5) is 24.0. The van der Waals surface area contributed by atoms with Crippen molar-refractivity contribution >= 4 is 11.7 Å². The number of ketones is 1. The first-order chi connectivity index (χ1) is 13.2. The first kappa shape index (κ1) is 18.4. The van der Waals surface area contributed by atoms with Crippen molar-refractivity contribution < 1.29 is 14.3 Å². The molecule has 0 spiro atoms. The highest BCUT2D eigenvalue weighted by Crippen LogP contribution is 2.14. The lowest BCUT2D eigenvalue weighted by Gasteiger charge is -2.04. The van der Waals surface area contributed by atoms with Gasteiger partial charge in [-0.3, -0.25) is 9.59 Å². The monoisotopic (exact) mass is 363 g/mol. The predicted octanol–water partition coefficient (Wildman–Crippen LogP) is 3.16. The zero-order valence-electron chi connectivity index (χ0n) is 15.1. The van der Waals surface area contributed by atoms with Crippen LogP contribution in [0.1, 0.15) is 28.9 Å². The minimum absolute atomic E-state index is 0.0328. The summed E-state index contributed by atoms with van der Waals surface area (Å²) in [5, 5.41) is 7.25. The van der Waals surface area contributed by atoms with E-state index in [1.165, 1.54) is 0 Å². The molecule has 27 heavy (non-hydrogen) atoms. The maximum Gasteiger partial charge on any atom is 0.220 e. The third-order valence-corrected chi connectivity index (χ3v) is 4.12. The molecular weight excluding hydrogens is 342 g/mol. The number of amides is 1. The van der Waals surface area contributed by atoms with Crippen LogP contribution < -0.4 is 10.1 Å². The topological polar surface area (TPSA) is 73.2 Å². The second kappa shape index (κ2) is 8.80. The van der Waals surface area contributed by atoms with Crippen LogP contribution in [0.15, 0.2) is 66.9 Å². The van der Waals surface area contributed by atoms with Gasteiger partial charge in [0.15, 0.2) is 5.78 Å². The number of benzene rings is 2. The Bertz CT molecular complexity index is 902. The van der Waals surface area contributed by atoms with Crippen molar-refractivity contribution in [1.82, 2.24) is 15.1 Å². The van der Waals surface area contributed by atoms with Crippen molar-refractivity contribution in [3.05, 3.63) is 78.1 Å². The molecule has 0 saturated heterocycles. The van der Waals surface area contributed by atoms with Gasteiger partial charge in [0.1, 0.15) is 5.75 Å². The minimum atomic E-state index is -0.168. The molecule has 0 bridgehead atoms. The van der Waals surface area contributed by atoms with E-state index in [1.807, 2.05) is 54.7 Å². The Morgan fingerprint density at radius 1 is 1.00 bits per heavy atom. The van der Waals surface area contributed by atoms with E-state index in [0.717, 1.165) is 17.1 Å². The van der Waals surface area contributed by atoms with Gasteiger partial charge in [0, 0.05) is 24.6 Å². The summed E-state index contributed by atoms with van der Waals surface area (Å²) in [6.07, 6.45) is 2.19. The Labute approximate surface area is 157 Å². The van der Waals surface area contributed by atoms with Crippen LogP contribution in [0.4, 0.5) is 0 Å². The molecule has 1 aromatic heterocycles. The van der Waals surface area contributed by atoms with E-state index in [2.05, 4.69) is 10.4 Å². The lowest BCUT2D eigenvalue weighted by molar-refractivity contribution is -0.121. The standard InChI is InChI=1S/C21H21N3O3/c1-27-19-9-7-18(8-10-19)24-14-13-17(23-24)15-22-21(26)12-11-20(25)16-5-3-2-4-6-16/h2-10,13-14H,11-12,15H2,1H3,(H,22,26). The maximum atomic E-state index is 12.0. The number of nitrogens with one attached hydrogen (secondary N) is 1. The van der Waals surface area contributed by atoms with Crippen LogP contribution in [0.3, 0.4) is 0 Å². The molecule has 6 nitrogen and oxygen atoms in total. The molecule has 1 heterocycles. The highest BCUT2D eigenvalue weighted by Gasteiger charge is 2.09. The first-order valence-electron chi connectivity index (χ1n) is 8.69. The van der Waals surface area contributed by atoms with Gasteiger partial charge in [-0.1, -0.05) is 30.3 Å². The van der Waals surface area contributed by atoms with Gasteiger partial charge >= 0.3 is 0 Å². The SMILES string of the molecule is COc1ccc(-n2ccc(CNC(=O)CCC(=O)c3ccccc3)n2)cc1. The molecule has 0 radical (unpaired) electrons. The molecule has 6 heteroatoms. The molecule has 138 valence electrons.